The van der Waals surface area contributed by atoms with Gasteiger partial charge in [0, 0.05) is 23.5 Å². The van der Waals surface area contributed by atoms with Crippen molar-refractivity contribution in [2.75, 3.05) is 13.1 Å². The summed E-state index contributed by atoms with van der Waals surface area (Å²) in [6.07, 6.45) is 3.10. The van der Waals surface area contributed by atoms with Gasteiger partial charge in [0.15, 0.2) is 0 Å². The third-order valence-corrected chi connectivity index (χ3v) is 4.51. The van der Waals surface area contributed by atoms with Gasteiger partial charge in [0.25, 0.3) is 0 Å². The van der Waals surface area contributed by atoms with E-state index in [1.54, 1.807) is 0 Å². The van der Waals surface area contributed by atoms with E-state index in [2.05, 4.69) is 62.3 Å². The van der Waals surface area contributed by atoms with Crippen LogP contribution in [-0.2, 0) is 6.42 Å². The summed E-state index contributed by atoms with van der Waals surface area (Å²) in [6.45, 7) is 10.8. The van der Waals surface area contributed by atoms with Gasteiger partial charge in [0.05, 0.1) is 5.01 Å². The van der Waals surface area contributed by atoms with Crippen LogP contribution in [0.15, 0.2) is 30.5 Å². The van der Waals surface area contributed by atoms with Gasteiger partial charge in [0.2, 0.25) is 0 Å². The Balaban J connectivity index is 2.09. The van der Waals surface area contributed by atoms with E-state index in [-0.39, 0.29) is 0 Å². The molecule has 21 heavy (non-hydrogen) atoms. The first-order valence-corrected chi connectivity index (χ1v) is 8.55. The minimum Gasteiger partial charge on any atom is -0.316 e. The van der Waals surface area contributed by atoms with E-state index >= 15 is 0 Å². The van der Waals surface area contributed by atoms with Gasteiger partial charge in [0.1, 0.15) is 0 Å². The van der Waals surface area contributed by atoms with E-state index in [1.165, 1.54) is 16.0 Å². The predicted molar refractivity (Wildman–Crippen MR) is 92.2 cm³/mol. The van der Waals surface area contributed by atoms with E-state index in [9.17, 15) is 0 Å². The Morgan fingerprint density at radius 1 is 1.19 bits per heavy atom. The monoisotopic (exact) mass is 302 g/mol. The molecule has 2 nitrogen and oxygen atoms in total. The topological polar surface area (TPSA) is 24.9 Å². The third kappa shape index (κ3) is 5.25. The molecule has 1 heterocycles. The van der Waals surface area contributed by atoms with E-state index in [1.807, 2.05) is 17.5 Å². The van der Waals surface area contributed by atoms with Gasteiger partial charge in [-0.2, -0.15) is 0 Å². The number of hydrogen-bond donors (Lipinski definition) is 1. The summed E-state index contributed by atoms with van der Waals surface area (Å²) in [5.41, 5.74) is 2.76. The van der Waals surface area contributed by atoms with Gasteiger partial charge < -0.3 is 5.32 Å². The first kappa shape index (κ1) is 16.2. The Hall–Kier alpha value is -1.19. The maximum absolute atomic E-state index is 4.39. The van der Waals surface area contributed by atoms with E-state index in [0.717, 1.165) is 24.5 Å². The maximum Gasteiger partial charge on any atom is 0.0896 e. The zero-order valence-corrected chi connectivity index (χ0v) is 14.3. The predicted octanol–water partition coefficient (Wildman–Crippen LogP) is 4.33. The first-order chi connectivity index (χ1) is 10.0. The lowest BCUT2D eigenvalue weighted by Crippen LogP contribution is -2.26. The summed E-state index contributed by atoms with van der Waals surface area (Å²) in [7, 11) is 0. The fourth-order valence-corrected chi connectivity index (χ4v) is 3.40. The van der Waals surface area contributed by atoms with Crippen molar-refractivity contribution >= 4 is 11.3 Å². The lowest BCUT2D eigenvalue weighted by atomic mass is 9.93. The molecule has 0 bridgehead atoms. The largest absolute Gasteiger partial charge is 0.316 e. The fraction of sp³-hybridized carbons (Fsp3) is 0.500. The SMILES string of the molecule is Cc1cccc(C(CNCC(C)C)Cc2cnc(C)s2)c1. The van der Waals surface area contributed by atoms with Crippen molar-refractivity contribution in [1.29, 1.82) is 0 Å². The molecule has 0 fully saturated rings. The Kier molecular flexibility index (Phi) is 5.95. The average molecular weight is 302 g/mol. The highest BCUT2D eigenvalue weighted by atomic mass is 32.1. The number of nitrogens with one attached hydrogen (secondary N) is 1. The number of hydrogen-bond acceptors (Lipinski definition) is 3. The van der Waals surface area contributed by atoms with Crippen LogP contribution in [0.5, 0.6) is 0 Å². The molecule has 1 aromatic heterocycles. The lowest BCUT2D eigenvalue weighted by molar-refractivity contribution is 0.515. The molecule has 0 aliphatic heterocycles. The van der Waals surface area contributed by atoms with Crippen molar-refractivity contribution < 1.29 is 0 Å². The zero-order chi connectivity index (χ0) is 15.2. The summed E-state index contributed by atoms with van der Waals surface area (Å²) >= 11 is 1.82. The van der Waals surface area contributed by atoms with Crippen molar-refractivity contribution in [3.63, 3.8) is 0 Å². The molecule has 1 aromatic carbocycles. The quantitative estimate of drug-likeness (QED) is 0.823. The van der Waals surface area contributed by atoms with Crippen LogP contribution in [0.4, 0.5) is 0 Å². The van der Waals surface area contributed by atoms with Crippen molar-refractivity contribution in [2.24, 2.45) is 5.92 Å². The van der Waals surface area contributed by atoms with Gasteiger partial charge >= 0.3 is 0 Å². The number of aryl methyl sites for hydroxylation is 2. The van der Waals surface area contributed by atoms with Gasteiger partial charge in [-0.15, -0.1) is 11.3 Å². The van der Waals surface area contributed by atoms with Crippen LogP contribution in [-0.4, -0.2) is 18.1 Å². The minimum absolute atomic E-state index is 0.517. The Morgan fingerprint density at radius 3 is 2.62 bits per heavy atom. The summed E-state index contributed by atoms with van der Waals surface area (Å²) < 4.78 is 0. The molecule has 2 rings (SSSR count). The number of thiazole rings is 1. The van der Waals surface area contributed by atoms with E-state index in [4.69, 9.17) is 0 Å². The molecule has 2 aromatic rings. The number of rotatable bonds is 7. The average Bonchev–Trinajstić information content (AvgIpc) is 2.83. The molecular formula is C18H26N2S. The molecule has 114 valence electrons. The first-order valence-electron chi connectivity index (χ1n) is 7.73. The van der Waals surface area contributed by atoms with Crippen LogP contribution in [0.3, 0.4) is 0 Å². The third-order valence-electron chi connectivity index (χ3n) is 3.57. The molecule has 0 saturated heterocycles. The zero-order valence-electron chi connectivity index (χ0n) is 13.5. The van der Waals surface area contributed by atoms with Crippen LogP contribution in [0.2, 0.25) is 0 Å². The number of nitrogens with zero attached hydrogens (tertiary/aromatic N) is 1. The van der Waals surface area contributed by atoms with Crippen molar-refractivity contribution in [3.05, 3.63) is 51.5 Å². The summed E-state index contributed by atoms with van der Waals surface area (Å²) in [5, 5.41) is 4.77. The molecule has 0 radical (unpaired) electrons. The maximum atomic E-state index is 4.39. The van der Waals surface area contributed by atoms with Gasteiger partial charge in [-0.25, -0.2) is 4.98 Å². The van der Waals surface area contributed by atoms with Crippen molar-refractivity contribution in [3.8, 4) is 0 Å². The Labute approximate surface area is 132 Å². The van der Waals surface area contributed by atoms with E-state index < -0.39 is 0 Å². The molecule has 0 aliphatic rings. The highest BCUT2D eigenvalue weighted by molar-refractivity contribution is 7.11. The number of benzene rings is 1. The molecule has 3 heteroatoms. The lowest BCUT2D eigenvalue weighted by Gasteiger charge is -2.19. The van der Waals surface area contributed by atoms with Crippen molar-refractivity contribution in [1.82, 2.24) is 10.3 Å². The fourth-order valence-electron chi connectivity index (χ4n) is 2.52. The number of aromatic nitrogens is 1. The minimum atomic E-state index is 0.517. The van der Waals surface area contributed by atoms with Crippen LogP contribution >= 0.6 is 11.3 Å². The smallest absolute Gasteiger partial charge is 0.0896 e. The molecule has 1 atom stereocenters. The normalized spacial score (nSPS) is 12.8. The Morgan fingerprint density at radius 2 is 2.00 bits per heavy atom. The van der Waals surface area contributed by atoms with Gasteiger partial charge in [-0.1, -0.05) is 43.7 Å². The molecule has 0 amide bonds. The molecule has 0 spiro atoms. The van der Waals surface area contributed by atoms with Crippen LogP contribution < -0.4 is 5.32 Å². The highest BCUT2D eigenvalue weighted by Gasteiger charge is 2.14. The summed E-state index contributed by atoms with van der Waals surface area (Å²) in [6, 6.07) is 8.90. The van der Waals surface area contributed by atoms with E-state index in [0.29, 0.717) is 11.8 Å². The molecular weight excluding hydrogens is 276 g/mol. The van der Waals surface area contributed by atoms with Gasteiger partial charge in [-0.3, -0.25) is 0 Å². The molecule has 1 unspecified atom stereocenters. The van der Waals surface area contributed by atoms with Crippen LogP contribution in [0, 0.1) is 19.8 Å². The summed E-state index contributed by atoms with van der Waals surface area (Å²) in [4.78, 5) is 5.77. The standard InChI is InChI=1S/C18H26N2S/c1-13(2)10-19-11-17(9-18-12-20-15(4)21-18)16-7-5-6-14(3)8-16/h5-8,12-13,17,19H,9-11H2,1-4H3. The van der Waals surface area contributed by atoms with Crippen LogP contribution in [0.1, 0.15) is 40.8 Å². The second kappa shape index (κ2) is 7.71. The van der Waals surface area contributed by atoms with Crippen LogP contribution in [0.25, 0.3) is 0 Å². The second-order valence-electron chi connectivity index (χ2n) is 6.21. The highest BCUT2D eigenvalue weighted by Crippen LogP contribution is 2.24. The van der Waals surface area contributed by atoms with Gasteiger partial charge in [-0.05, 0) is 38.3 Å². The van der Waals surface area contributed by atoms with Crippen molar-refractivity contribution in [2.45, 2.75) is 40.0 Å². The second-order valence-corrected chi connectivity index (χ2v) is 7.53. The molecule has 0 saturated carbocycles. The summed E-state index contributed by atoms with van der Waals surface area (Å²) in [5.74, 6) is 1.21. The molecule has 1 N–H and O–H groups in total. The Bertz CT molecular complexity index is 560. The molecule has 0 aliphatic carbocycles.